The lowest BCUT2D eigenvalue weighted by Crippen LogP contribution is -2.54. The smallest absolute Gasteiger partial charge is 0.410 e. The molecule has 2 saturated heterocycles. The summed E-state index contributed by atoms with van der Waals surface area (Å²) >= 11 is 0. The Morgan fingerprint density at radius 3 is 2.39 bits per heavy atom. The summed E-state index contributed by atoms with van der Waals surface area (Å²) in [6.45, 7) is 9.43. The van der Waals surface area contributed by atoms with Gasteiger partial charge in [-0.3, -0.25) is 4.90 Å². The second-order valence-electron chi connectivity index (χ2n) is 7.93. The average Bonchev–Trinajstić information content (AvgIpc) is 2.97. The maximum Gasteiger partial charge on any atom is 0.410 e. The zero-order chi connectivity index (χ0) is 20.5. The highest BCUT2D eigenvalue weighted by molar-refractivity contribution is 5.96. The second kappa shape index (κ2) is 7.69. The SMILES string of the molecule is CCOC(=O)c1ccc(N2CC3CN(C(=O)OC(C)(C)C)CCN3C2=O)cc1. The number of anilines is 1. The van der Waals surface area contributed by atoms with Gasteiger partial charge in [0.15, 0.2) is 0 Å². The van der Waals surface area contributed by atoms with E-state index < -0.39 is 5.60 Å². The van der Waals surface area contributed by atoms with Gasteiger partial charge in [0.05, 0.1) is 18.2 Å². The van der Waals surface area contributed by atoms with Gasteiger partial charge in [0.25, 0.3) is 0 Å². The molecule has 152 valence electrons. The molecule has 1 aromatic carbocycles. The van der Waals surface area contributed by atoms with Crippen LogP contribution in [0.3, 0.4) is 0 Å². The number of esters is 1. The number of hydrogen-bond donors (Lipinski definition) is 0. The number of carbonyl (C=O) groups excluding carboxylic acids is 3. The molecule has 0 aliphatic carbocycles. The van der Waals surface area contributed by atoms with Crippen LogP contribution in [0.25, 0.3) is 0 Å². The Hall–Kier alpha value is -2.77. The summed E-state index contributed by atoms with van der Waals surface area (Å²) in [5, 5.41) is 0. The number of fused-ring (bicyclic) bond motifs is 1. The highest BCUT2D eigenvalue weighted by Gasteiger charge is 2.42. The number of piperazine rings is 1. The number of hydrogen-bond acceptors (Lipinski definition) is 5. The van der Waals surface area contributed by atoms with Crippen LogP contribution < -0.4 is 4.90 Å². The number of benzene rings is 1. The van der Waals surface area contributed by atoms with Crippen molar-refractivity contribution in [2.24, 2.45) is 0 Å². The molecule has 28 heavy (non-hydrogen) atoms. The molecule has 8 heteroatoms. The number of rotatable bonds is 3. The van der Waals surface area contributed by atoms with Crippen LogP contribution in [-0.4, -0.2) is 72.3 Å². The minimum atomic E-state index is -0.549. The van der Waals surface area contributed by atoms with Gasteiger partial charge in [0.2, 0.25) is 0 Å². The molecule has 2 fully saturated rings. The summed E-state index contributed by atoms with van der Waals surface area (Å²) in [6.07, 6.45) is -0.350. The van der Waals surface area contributed by atoms with E-state index in [4.69, 9.17) is 9.47 Å². The molecule has 2 aliphatic heterocycles. The molecule has 0 saturated carbocycles. The second-order valence-corrected chi connectivity index (χ2v) is 7.93. The molecule has 0 N–H and O–H groups in total. The van der Waals surface area contributed by atoms with E-state index in [0.717, 1.165) is 5.69 Å². The predicted octanol–water partition coefficient (Wildman–Crippen LogP) is 2.72. The molecular weight excluding hydrogens is 362 g/mol. The first-order valence-corrected chi connectivity index (χ1v) is 9.53. The molecule has 2 heterocycles. The molecule has 3 rings (SSSR count). The van der Waals surface area contributed by atoms with Gasteiger partial charge in [-0.2, -0.15) is 0 Å². The predicted molar refractivity (Wildman–Crippen MR) is 103 cm³/mol. The van der Waals surface area contributed by atoms with Gasteiger partial charge in [0, 0.05) is 31.9 Å². The zero-order valence-corrected chi connectivity index (χ0v) is 16.8. The summed E-state index contributed by atoms with van der Waals surface area (Å²) in [5.74, 6) is -0.382. The minimum Gasteiger partial charge on any atom is -0.462 e. The van der Waals surface area contributed by atoms with Crippen LogP contribution >= 0.6 is 0 Å². The number of amides is 3. The molecule has 0 bridgehead atoms. The highest BCUT2D eigenvalue weighted by atomic mass is 16.6. The van der Waals surface area contributed by atoms with Crippen molar-refractivity contribution in [2.75, 3.05) is 37.7 Å². The molecule has 3 amide bonds. The maximum absolute atomic E-state index is 12.8. The number of carbonyl (C=O) groups is 3. The summed E-state index contributed by atoms with van der Waals surface area (Å²) in [4.78, 5) is 42.0. The quantitative estimate of drug-likeness (QED) is 0.743. The third-order valence-corrected chi connectivity index (χ3v) is 4.69. The summed E-state index contributed by atoms with van der Waals surface area (Å²) in [5.41, 5.74) is 0.620. The van der Waals surface area contributed by atoms with Crippen molar-refractivity contribution in [3.05, 3.63) is 29.8 Å². The Morgan fingerprint density at radius 2 is 1.79 bits per heavy atom. The summed E-state index contributed by atoms with van der Waals surface area (Å²) in [6, 6.07) is 6.63. The van der Waals surface area contributed by atoms with Crippen molar-refractivity contribution < 1.29 is 23.9 Å². The van der Waals surface area contributed by atoms with Gasteiger partial charge in [-0.1, -0.05) is 0 Å². The lowest BCUT2D eigenvalue weighted by molar-refractivity contribution is 0.0128. The Morgan fingerprint density at radius 1 is 1.11 bits per heavy atom. The topological polar surface area (TPSA) is 79.4 Å². The van der Waals surface area contributed by atoms with Crippen molar-refractivity contribution in [3.8, 4) is 0 Å². The van der Waals surface area contributed by atoms with Crippen LogP contribution in [0.5, 0.6) is 0 Å². The molecule has 8 nitrogen and oxygen atoms in total. The summed E-state index contributed by atoms with van der Waals surface area (Å²) < 4.78 is 10.4. The van der Waals surface area contributed by atoms with Gasteiger partial charge in [-0.05, 0) is 52.0 Å². The van der Waals surface area contributed by atoms with Gasteiger partial charge in [0.1, 0.15) is 5.60 Å². The zero-order valence-electron chi connectivity index (χ0n) is 16.8. The molecule has 0 radical (unpaired) electrons. The first-order chi connectivity index (χ1) is 13.2. The lowest BCUT2D eigenvalue weighted by atomic mass is 10.2. The molecular formula is C20H27N3O5. The number of ether oxygens (including phenoxy) is 2. The maximum atomic E-state index is 12.8. The fourth-order valence-electron chi connectivity index (χ4n) is 3.41. The Bertz CT molecular complexity index is 756. The lowest BCUT2D eigenvalue weighted by Gasteiger charge is -2.36. The minimum absolute atomic E-state index is 0.0847. The van der Waals surface area contributed by atoms with Gasteiger partial charge in [-0.15, -0.1) is 0 Å². The van der Waals surface area contributed by atoms with Crippen molar-refractivity contribution >= 4 is 23.8 Å². The van der Waals surface area contributed by atoms with E-state index >= 15 is 0 Å². The molecule has 1 unspecified atom stereocenters. The van der Waals surface area contributed by atoms with Crippen LogP contribution in [0.1, 0.15) is 38.1 Å². The van der Waals surface area contributed by atoms with Crippen molar-refractivity contribution in [3.63, 3.8) is 0 Å². The van der Waals surface area contributed by atoms with Gasteiger partial charge in [-0.25, -0.2) is 14.4 Å². The Labute approximate surface area is 165 Å². The third kappa shape index (κ3) is 4.21. The van der Waals surface area contributed by atoms with E-state index in [2.05, 4.69) is 0 Å². The molecule has 2 aliphatic rings. The normalized spacial score (nSPS) is 19.5. The van der Waals surface area contributed by atoms with Crippen LogP contribution in [0, 0.1) is 0 Å². The fraction of sp³-hybridized carbons (Fsp3) is 0.550. The summed E-state index contributed by atoms with van der Waals surface area (Å²) in [7, 11) is 0. The van der Waals surface area contributed by atoms with Gasteiger partial charge >= 0.3 is 18.1 Å². The largest absolute Gasteiger partial charge is 0.462 e. The van der Waals surface area contributed by atoms with Gasteiger partial charge < -0.3 is 19.3 Å². The van der Waals surface area contributed by atoms with Crippen molar-refractivity contribution in [1.29, 1.82) is 0 Å². The molecule has 1 aromatic rings. The molecule has 0 aromatic heterocycles. The van der Waals surface area contributed by atoms with E-state index in [9.17, 15) is 14.4 Å². The highest BCUT2D eigenvalue weighted by Crippen LogP contribution is 2.27. The van der Waals surface area contributed by atoms with E-state index in [1.54, 1.807) is 45.9 Å². The van der Waals surface area contributed by atoms with E-state index in [-0.39, 0.29) is 24.1 Å². The van der Waals surface area contributed by atoms with Crippen LogP contribution in [-0.2, 0) is 9.47 Å². The van der Waals surface area contributed by atoms with Crippen LogP contribution in [0.2, 0.25) is 0 Å². The first-order valence-electron chi connectivity index (χ1n) is 9.53. The molecule has 0 spiro atoms. The Balaban J connectivity index is 1.67. The first kappa shape index (κ1) is 20.0. The Kier molecular flexibility index (Phi) is 5.49. The molecule has 1 atom stereocenters. The van der Waals surface area contributed by atoms with E-state index in [0.29, 0.717) is 38.3 Å². The fourth-order valence-corrected chi connectivity index (χ4v) is 3.41. The van der Waals surface area contributed by atoms with Crippen molar-refractivity contribution in [1.82, 2.24) is 9.80 Å². The third-order valence-electron chi connectivity index (χ3n) is 4.69. The van der Waals surface area contributed by atoms with E-state index in [1.807, 2.05) is 20.8 Å². The monoisotopic (exact) mass is 389 g/mol. The number of urea groups is 1. The van der Waals surface area contributed by atoms with Crippen molar-refractivity contribution in [2.45, 2.75) is 39.3 Å². The van der Waals surface area contributed by atoms with E-state index in [1.165, 1.54) is 0 Å². The average molecular weight is 389 g/mol. The van der Waals surface area contributed by atoms with Crippen LogP contribution in [0.4, 0.5) is 15.3 Å². The standard InChI is InChI=1S/C20H27N3O5/c1-5-27-17(24)14-6-8-15(9-7-14)23-13-16-12-21(10-11-22(16)18(23)25)19(26)28-20(2,3)4/h6-9,16H,5,10-13H2,1-4H3. The van der Waals surface area contributed by atoms with Crippen LogP contribution in [0.15, 0.2) is 24.3 Å². The number of nitrogens with zero attached hydrogens (tertiary/aromatic N) is 3.